The highest BCUT2D eigenvalue weighted by molar-refractivity contribution is 6.04. The van der Waals surface area contributed by atoms with E-state index in [4.69, 9.17) is 9.72 Å². The fraction of sp³-hybridized carbons (Fsp3) is 0.476. The van der Waals surface area contributed by atoms with Crippen molar-refractivity contribution in [1.29, 1.82) is 0 Å². The number of rotatable bonds is 4. The molecule has 2 amide bonds. The van der Waals surface area contributed by atoms with Gasteiger partial charge in [0.1, 0.15) is 11.7 Å². The number of ether oxygens (including phenoxy) is 1. The largest absolute Gasteiger partial charge is 0.453 e. The lowest BCUT2D eigenvalue weighted by Gasteiger charge is -2.43. The lowest BCUT2D eigenvalue weighted by Crippen LogP contribution is -2.55. The number of carbonyl (C=O) groups is 2. The number of methoxy groups -OCH3 is 1. The van der Waals surface area contributed by atoms with E-state index in [9.17, 15) is 9.59 Å². The number of hydrogen-bond acceptors (Lipinski definition) is 7. The van der Waals surface area contributed by atoms with Crippen LogP contribution in [0.25, 0.3) is 11.4 Å². The Morgan fingerprint density at radius 1 is 1.30 bits per heavy atom. The van der Waals surface area contributed by atoms with E-state index >= 15 is 0 Å². The van der Waals surface area contributed by atoms with E-state index in [1.165, 1.54) is 13.3 Å². The Bertz CT molecular complexity index is 960. The van der Waals surface area contributed by atoms with Crippen LogP contribution in [0.5, 0.6) is 0 Å². The normalized spacial score (nSPS) is 19.0. The van der Waals surface area contributed by atoms with Crippen molar-refractivity contribution in [2.75, 3.05) is 29.3 Å². The SMILES string of the molecule is CC[C@@H]1C(=O)N(C)c2cnc(-c3ccncc3NC(=O)OC)nc2N1C1CCCC1. The molecule has 1 fully saturated rings. The summed E-state index contributed by atoms with van der Waals surface area (Å²) in [7, 11) is 3.08. The van der Waals surface area contributed by atoms with Crippen molar-refractivity contribution in [2.24, 2.45) is 0 Å². The molecule has 1 atom stereocenters. The highest BCUT2D eigenvalue weighted by Crippen LogP contribution is 2.40. The van der Waals surface area contributed by atoms with Gasteiger partial charge in [0.05, 0.1) is 25.2 Å². The van der Waals surface area contributed by atoms with E-state index in [1.807, 2.05) is 6.92 Å². The number of hydrogen-bond donors (Lipinski definition) is 1. The zero-order valence-electron chi connectivity index (χ0n) is 17.5. The molecule has 4 rings (SSSR count). The fourth-order valence-electron chi connectivity index (χ4n) is 4.36. The summed E-state index contributed by atoms with van der Waals surface area (Å²) in [6.45, 7) is 2.03. The average molecular weight is 410 g/mol. The predicted molar refractivity (Wildman–Crippen MR) is 114 cm³/mol. The molecule has 2 aromatic rings. The number of amides is 2. The lowest BCUT2D eigenvalue weighted by molar-refractivity contribution is -0.120. The molecule has 2 aliphatic rings. The molecule has 0 aromatic carbocycles. The Kier molecular flexibility index (Phi) is 5.52. The zero-order valence-corrected chi connectivity index (χ0v) is 17.5. The molecule has 2 aromatic heterocycles. The molecule has 1 aliphatic heterocycles. The minimum Gasteiger partial charge on any atom is -0.453 e. The van der Waals surface area contributed by atoms with Crippen molar-refractivity contribution < 1.29 is 14.3 Å². The summed E-state index contributed by atoms with van der Waals surface area (Å²) in [5, 5.41) is 2.66. The van der Waals surface area contributed by atoms with Gasteiger partial charge in [-0.25, -0.2) is 14.8 Å². The number of fused-ring (bicyclic) bond motifs is 1. The van der Waals surface area contributed by atoms with Crippen LogP contribution >= 0.6 is 0 Å². The molecule has 9 heteroatoms. The molecule has 3 heterocycles. The van der Waals surface area contributed by atoms with Crippen LogP contribution in [0.3, 0.4) is 0 Å². The Morgan fingerprint density at radius 2 is 2.07 bits per heavy atom. The highest BCUT2D eigenvalue weighted by atomic mass is 16.5. The highest BCUT2D eigenvalue weighted by Gasteiger charge is 2.41. The summed E-state index contributed by atoms with van der Waals surface area (Å²) < 4.78 is 4.70. The average Bonchev–Trinajstić information content (AvgIpc) is 3.30. The van der Waals surface area contributed by atoms with Crippen molar-refractivity contribution in [1.82, 2.24) is 15.0 Å². The van der Waals surface area contributed by atoms with Crippen LogP contribution in [0.4, 0.5) is 22.0 Å². The van der Waals surface area contributed by atoms with Gasteiger partial charge >= 0.3 is 6.09 Å². The Labute approximate surface area is 175 Å². The third kappa shape index (κ3) is 3.44. The number of carbonyl (C=O) groups excluding carboxylic acids is 2. The van der Waals surface area contributed by atoms with Crippen LogP contribution < -0.4 is 15.1 Å². The number of nitrogens with zero attached hydrogens (tertiary/aromatic N) is 5. The number of likely N-dealkylation sites (N-methyl/N-ethyl adjacent to an activating group) is 1. The summed E-state index contributed by atoms with van der Waals surface area (Å²) in [4.78, 5) is 42.1. The van der Waals surface area contributed by atoms with Crippen molar-refractivity contribution >= 4 is 29.2 Å². The van der Waals surface area contributed by atoms with E-state index in [1.54, 1.807) is 30.4 Å². The van der Waals surface area contributed by atoms with Crippen LogP contribution in [0.15, 0.2) is 24.7 Å². The number of nitrogens with one attached hydrogen (secondary N) is 1. The molecule has 0 bridgehead atoms. The number of aromatic nitrogens is 3. The van der Waals surface area contributed by atoms with Crippen LogP contribution in [0.1, 0.15) is 39.0 Å². The summed E-state index contributed by atoms with van der Waals surface area (Å²) >= 11 is 0. The molecule has 0 saturated heterocycles. The summed E-state index contributed by atoms with van der Waals surface area (Å²) in [6.07, 6.45) is 9.39. The first-order valence-electron chi connectivity index (χ1n) is 10.3. The minimum atomic E-state index is -0.592. The number of anilines is 3. The first-order chi connectivity index (χ1) is 14.5. The molecule has 9 nitrogen and oxygen atoms in total. The molecule has 1 saturated carbocycles. The van der Waals surface area contributed by atoms with Gasteiger partial charge in [0.2, 0.25) is 5.91 Å². The summed E-state index contributed by atoms with van der Waals surface area (Å²) in [5.41, 5.74) is 1.80. The minimum absolute atomic E-state index is 0.0743. The van der Waals surface area contributed by atoms with E-state index in [0.29, 0.717) is 35.2 Å². The summed E-state index contributed by atoms with van der Waals surface area (Å²) in [5.74, 6) is 1.30. The van der Waals surface area contributed by atoms with Crippen LogP contribution in [-0.2, 0) is 9.53 Å². The molecule has 1 aliphatic carbocycles. The second-order valence-corrected chi connectivity index (χ2v) is 7.61. The quantitative estimate of drug-likeness (QED) is 0.826. The third-order valence-electron chi connectivity index (χ3n) is 5.90. The molecule has 158 valence electrons. The third-order valence-corrected chi connectivity index (χ3v) is 5.90. The topological polar surface area (TPSA) is 101 Å². The van der Waals surface area contributed by atoms with E-state index in [-0.39, 0.29) is 11.9 Å². The fourth-order valence-corrected chi connectivity index (χ4v) is 4.36. The van der Waals surface area contributed by atoms with Gasteiger partial charge in [-0.3, -0.25) is 15.1 Å². The monoisotopic (exact) mass is 410 g/mol. The van der Waals surface area contributed by atoms with Gasteiger partial charge in [-0.15, -0.1) is 0 Å². The maximum atomic E-state index is 13.0. The van der Waals surface area contributed by atoms with Crippen molar-refractivity contribution in [3.8, 4) is 11.4 Å². The van der Waals surface area contributed by atoms with Gasteiger partial charge in [-0.2, -0.15) is 0 Å². The van der Waals surface area contributed by atoms with Gasteiger partial charge in [0, 0.05) is 24.8 Å². The second-order valence-electron chi connectivity index (χ2n) is 7.61. The van der Waals surface area contributed by atoms with E-state index in [2.05, 4.69) is 20.2 Å². The Balaban J connectivity index is 1.81. The first-order valence-corrected chi connectivity index (χ1v) is 10.3. The molecule has 0 radical (unpaired) electrons. The maximum absolute atomic E-state index is 13.0. The van der Waals surface area contributed by atoms with Gasteiger partial charge < -0.3 is 14.5 Å². The zero-order chi connectivity index (χ0) is 21.3. The second kappa shape index (κ2) is 8.25. The van der Waals surface area contributed by atoms with Gasteiger partial charge in [0.25, 0.3) is 0 Å². The molecule has 1 N–H and O–H groups in total. The number of pyridine rings is 1. The molecule has 30 heavy (non-hydrogen) atoms. The van der Waals surface area contributed by atoms with Crippen molar-refractivity contribution in [3.63, 3.8) is 0 Å². The molecule has 0 unspecified atom stereocenters. The first kappa shape index (κ1) is 20.1. The van der Waals surface area contributed by atoms with Crippen LogP contribution in [0.2, 0.25) is 0 Å². The lowest BCUT2D eigenvalue weighted by atomic mass is 10.0. The smallest absolute Gasteiger partial charge is 0.411 e. The Morgan fingerprint density at radius 3 is 2.77 bits per heavy atom. The molecular formula is C21H26N6O3. The molecular weight excluding hydrogens is 384 g/mol. The van der Waals surface area contributed by atoms with Crippen molar-refractivity contribution in [3.05, 3.63) is 24.7 Å². The van der Waals surface area contributed by atoms with Gasteiger partial charge in [-0.1, -0.05) is 19.8 Å². The maximum Gasteiger partial charge on any atom is 0.411 e. The Hall–Kier alpha value is -3.23. The summed E-state index contributed by atoms with van der Waals surface area (Å²) in [6, 6.07) is 1.81. The van der Waals surface area contributed by atoms with E-state index < -0.39 is 6.09 Å². The van der Waals surface area contributed by atoms with E-state index in [0.717, 1.165) is 31.5 Å². The van der Waals surface area contributed by atoms with Gasteiger partial charge in [0.15, 0.2) is 11.6 Å². The van der Waals surface area contributed by atoms with Crippen molar-refractivity contribution in [2.45, 2.75) is 51.1 Å². The van der Waals surface area contributed by atoms with Crippen LogP contribution in [-0.4, -0.2) is 53.2 Å². The van der Waals surface area contributed by atoms with Crippen LogP contribution in [0, 0.1) is 0 Å². The van der Waals surface area contributed by atoms with Gasteiger partial charge in [-0.05, 0) is 25.3 Å². The predicted octanol–water partition coefficient (Wildman–Crippen LogP) is 3.22. The molecule has 0 spiro atoms. The standard InChI is InChI=1S/C21H26N6O3/c1-4-16-20(28)26(2)17-12-23-18(25-19(17)27(16)13-7-5-6-8-13)14-9-10-22-11-15(14)24-21(29)30-3/h9-13,16H,4-8H2,1-3H3,(H,24,29)/t16-/m1/s1.